The summed E-state index contributed by atoms with van der Waals surface area (Å²) < 4.78 is 6.94. The molecular formula is C15H13N3O3. The van der Waals surface area contributed by atoms with E-state index in [1.165, 1.54) is 6.07 Å². The highest BCUT2D eigenvalue weighted by molar-refractivity contribution is 6.01. The van der Waals surface area contributed by atoms with Crippen LogP contribution in [0.5, 0.6) is 5.75 Å². The van der Waals surface area contributed by atoms with Gasteiger partial charge in [0, 0.05) is 0 Å². The minimum Gasteiger partial charge on any atom is -0.494 e. The van der Waals surface area contributed by atoms with Crippen molar-refractivity contribution in [2.24, 2.45) is 0 Å². The lowest BCUT2D eigenvalue weighted by Crippen LogP contribution is -2.01. The number of fused-ring (bicyclic) bond motifs is 1. The average Bonchev–Trinajstić information content (AvgIpc) is 2.90. The first-order valence-electron chi connectivity index (χ1n) is 6.34. The van der Waals surface area contributed by atoms with Crippen molar-refractivity contribution in [3.8, 4) is 11.4 Å². The second-order valence-corrected chi connectivity index (χ2v) is 4.66. The van der Waals surface area contributed by atoms with Crippen molar-refractivity contribution in [1.82, 2.24) is 15.0 Å². The Labute approximate surface area is 120 Å². The molecule has 1 aromatic heterocycles. The van der Waals surface area contributed by atoms with Gasteiger partial charge in [-0.25, -0.2) is 9.48 Å². The van der Waals surface area contributed by atoms with E-state index in [1.54, 1.807) is 23.9 Å². The minimum atomic E-state index is -1.02. The Bertz CT molecular complexity index is 839. The first-order chi connectivity index (χ1) is 10.1. The Morgan fingerprint density at radius 3 is 2.81 bits per heavy atom. The molecule has 0 atom stereocenters. The van der Waals surface area contributed by atoms with Gasteiger partial charge in [-0.3, -0.25) is 0 Å². The third kappa shape index (κ3) is 2.10. The van der Waals surface area contributed by atoms with Crippen LogP contribution in [0.4, 0.5) is 0 Å². The number of methoxy groups -OCH3 is 1. The van der Waals surface area contributed by atoms with E-state index >= 15 is 0 Å². The van der Waals surface area contributed by atoms with E-state index < -0.39 is 5.97 Å². The average molecular weight is 283 g/mol. The highest BCUT2D eigenvalue weighted by Gasteiger charge is 2.16. The van der Waals surface area contributed by atoms with E-state index in [4.69, 9.17) is 4.74 Å². The fraction of sp³-hybridized carbons (Fsp3) is 0.133. The van der Waals surface area contributed by atoms with Crippen LogP contribution in [0.3, 0.4) is 0 Å². The summed E-state index contributed by atoms with van der Waals surface area (Å²) in [5.41, 5.74) is 2.88. The number of hydrogen-bond acceptors (Lipinski definition) is 4. The lowest BCUT2D eigenvalue weighted by atomic mass is 10.1. The first-order valence-corrected chi connectivity index (χ1v) is 6.34. The SMILES string of the molecule is COc1ccc(C)cc1-n1nnc2c(C(=O)O)cccc21. The van der Waals surface area contributed by atoms with Gasteiger partial charge in [-0.1, -0.05) is 17.3 Å². The van der Waals surface area contributed by atoms with Gasteiger partial charge in [-0.2, -0.15) is 0 Å². The van der Waals surface area contributed by atoms with Crippen molar-refractivity contribution in [3.05, 3.63) is 47.5 Å². The van der Waals surface area contributed by atoms with Crippen LogP contribution >= 0.6 is 0 Å². The van der Waals surface area contributed by atoms with Crippen LogP contribution in [0.2, 0.25) is 0 Å². The molecule has 0 aliphatic rings. The molecule has 21 heavy (non-hydrogen) atoms. The number of carbonyl (C=O) groups is 1. The molecule has 0 radical (unpaired) electrons. The summed E-state index contributed by atoms with van der Waals surface area (Å²) >= 11 is 0. The smallest absolute Gasteiger partial charge is 0.338 e. The fourth-order valence-corrected chi connectivity index (χ4v) is 2.26. The van der Waals surface area contributed by atoms with Gasteiger partial charge >= 0.3 is 5.97 Å². The molecular weight excluding hydrogens is 270 g/mol. The third-order valence-corrected chi connectivity index (χ3v) is 3.27. The molecule has 0 aliphatic heterocycles. The van der Waals surface area contributed by atoms with E-state index in [-0.39, 0.29) is 5.56 Å². The predicted molar refractivity (Wildman–Crippen MR) is 77.1 cm³/mol. The topological polar surface area (TPSA) is 77.2 Å². The number of carboxylic acid groups (broad SMARTS) is 1. The van der Waals surface area contributed by atoms with Crippen molar-refractivity contribution in [1.29, 1.82) is 0 Å². The molecule has 0 spiro atoms. The van der Waals surface area contributed by atoms with Crippen molar-refractivity contribution in [3.63, 3.8) is 0 Å². The second-order valence-electron chi connectivity index (χ2n) is 4.66. The van der Waals surface area contributed by atoms with Crippen LogP contribution in [0.15, 0.2) is 36.4 Å². The van der Waals surface area contributed by atoms with Gasteiger partial charge in [0.05, 0.1) is 18.2 Å². The molecule has 3 rings (SSSR count). The van der Waals surface area contributed by atoms with Gasteiger partial charge in [-0.05, 0) is 36.8 Å². The Hall–Kier alpha value is -2.89. The number of rotatable bonds is 3. The third-order valence-electron chi connectivity index (χ3n) is 3.27. The second kappa shape index (κ2) is 4.90. The largest absolute Gasteiger partial charge is 0.494 e. The van der Waals surface area contributed by atoms with Crippen LogP contribution in [-0.2, 0) is 0 Å². The summed E-state index contributed by atoms with van der Waals surface area (Å²) in [6.07, 6.45) is 0. The summed E-state index contributed by atoms with van der Waals surface area (Å²) in [5, 5.41) is 17.3. The van der Waals surface area contributed by atoms with Crippen molar-refractivity contribution < 1.29 is 14.6 Å². The molecule has 6 nitrogen and oxygen atoms in total. The number of carboxylic acids is 1. The molecule has 0 fully saturated rings. The van der Waals surface area contributed by atoms with E-state index in [9.17, 15) is 9.90 Å². The Morgan fingerprint density at radius 2 is 2.10 bits per heavy atom. The number of aryl methyl sites for hydroxylation is 1. The van der Waals surface area contributed by atoms with E-state index in [1.807, 2.05) is 25.1 Å². The summed E-state index contributed by atoms with van der Waals surface area (Å²) in [7, 11) is 1.58. The molecule has 0 bridgehead atoms. The van der Waals surface area contributed by atoms with Gasteiger partial charge in [0.25, 0.3) is 0 Å². The lowest BCUT2D eigenvalue weighted by molar-refractivity contribution is 0.0699. The van der Waals surface area contributed by atoms with E-state index in [2.05, 4.69) is 10.3 Å². The molecule has 2 aromatic carbocycles. The molecule has 6 heteroatoms. The van der Waals surface area contributed by atoms with Crippen LogP contribution in [-0.4, -0.2) is 33.2 Å². The van der Waals surface area contributed by atoms with Gasteiger partial charge in [0.2, 0.25) is 0 Å². The number of aromatic carboxylic acids is 1. The molecule has 106 valence electrons. The molecule has 0 amide bonds. The molecule has 3 aromatic rings. The minimum absolute atomic E-state index is 0.130. The maximum Gasteiger partial charge on any atom is 0.338 e. The quantitative estimate of drug-likeness (QED) is 0.798. The standard InChI is InChI=1S/C15H13N3O3/c1-9-6-7-13(21-2)12(8-9)18-11-5-3-4-10(15(19)20)14(11)16-17-18/h3-8H,1-2H3,(H,19,20). The van der Waals surface area contributed by atoms with Gasteiger partial charge < -0.3 is 9.84 Å². The summed E-state index contributed by atoms with van der Waals surface area (Å²) in [5.74, 6) is -0.378. The van der Waals surface area contributed by atoms with Crippen LogP contribution in [0.1, 0.15) is 15.9 Å². The first kappa shape index (κ1) is 13.1. The summed E-state index contributed by atoms with van der Waals surface area (Å²) in [6, 6.07) is 10.7. The van der Waals surface area contributed by atoms with Gasteiger partial charge in [-0.15, -0.1) is 5.10 Å². The van der Waals surface area contributed by atoms with Crippen molar-refractivity contribution >= 4 is 17.0 Å². The van der Waals surface area contributed by atoms with E-state index in [0.29, 0.717) is 16.8 Å². The molecule has 0 saturated heterocycles. The summed E-state index contributed by atoms with van der Waals surface area (Å²) in [6.45, 7) is 1.96. The van der Waals surface area contributed by atoms with Gasteiger partial charge in [0.1, 0.15) is 17.0 Å². The zero-order valence-electron chi connectivity index (χ0n) is 11.6. The Balaban J connectivity index is 2.30. The Morgan fingerprint density at radius 1 is 1.29 bits per heavy atom. The molecule has 1 heterocycles. The van der Waals surface area contributed by atoms with E-state index in [0.717, 1.165) is 11.3 Å². The highest BCUT2D eigenvalue weighted by atomic mass is 16.5. The molecule has 0 unspecified atom stereocenters. The zero-order valence-corrected chi connectivity index (χ0v) is 11.6. The number of benzene rings is 2. The predicted octanol–water partition coefficient (Wildman–Crippen LogP) is 2.44. The van der Waals surface area contributed by atoms with Crippen LogP contribution in [0, 0.1) is 6.92 Å². The molecule has 1 N–H and O–H groups in total. The fourth-order valence-electron chi connectivity index (χ4n) is 2.26. The highest BCUT2D eigenvalue weighted by Crippen LogP contribution is 2.27. The van der Waals surface area contributed by atoms with Crippen LogP contribution in [0.25, 0.3) is 16.7 Å². The Kier molecular flexibility index (Phi) is 3.06. The monoisotopic (exact) mass is 283 g/mol. The normalized spacial score (nSPS) is 10.8. The van der Waals surface area contributed by atoms with Crippen molar-refractivity contribution in [2.75, 3.05) is 7.11 Å². The number of hydrogen-bond donors (Lipinski definition) is 1. The van der Waals surface area contributed by atoms with Crippen molar-refractivity contribution in [2.45, 2.75) is 6.92 Å². The number of aromatic nitrogens is 3. The number of ether oxygens (including phenoxy) is 1. The maximum atomic E-state index is 11.2. The molecule has 0 aliphatic carbocycles. The molecule has 0 saturated carbocycles. The maximum absolute atomic E-state index is 11.2. The lowest BCUT2D eigenvalue weighted by Gasteiger charge is -2.09. The summed E-state index contributed by atoms with van der Waals surface area (Å²) in [4.78, 5) is 11.2. The van der Waals surface area contributed by atoms with Crippen LogP contribution < -0.4 is 4.74 Å². The number of nitrogens with zero attached hydrogens (tertiary/aromatic N) is 3. The zero-order chi connectivity index (χ0) is 15.0. The van der Waals surface area contributed by atoms with Gasteiger partial charge in [0.15, 0.2) is 0 Å².